The number of nitriles is 1. The second kappa shape index (κ2) is 7.83. The van der Waals surface area contributed by atoms with Crippen molar-refractivity contribution in [2.75, 3.05) is 0 Å². The molecule has 1 aromatic rings. The van der Waals surface area contributed by atoms with E-state index in [1.807, 2.05) is 12.1 Å². The molecule has 0 radical (unpaired) electrons. The first-order valence-electron chi connectivity index (χ1n) is 9.47. The van der Waals surface area contributed by atoms with Crippen molar-refractivity contribution in [1.29, 1.82) is 5.26 Å². The molecule has 0 aliphatic heterocycles. The highest BCUT2D eigenvalue weighted by atomic mass is 16.4. The molecular weight excluding hydrogens is 298 g/mol. The Bertz CT molecular complexity index is 593. The Balaban J connectivity index is 2.04. The van der Waals surface area contributed by atoms with Gasteiger partial charge in [0.1, 0.15) is 0 Å². The number of carboxylic acid groups (broad SMARTS) is 1. The predicted octanol–water partition coefficient (Wildman–Crippen LogP) is 5.28. The lowest BCUT2D eigenvalue weighted by Crippen LogP contribution is -2.13. The molecule has 0 spiro atoms. The fraction of sp³-hybridized carbons (Fsp3) is 0.619. The summed E-state index contributed by atoms with van der Waals surface area (Å²) in [6, 6.07) is 6.54. The standard InChI is InChI=1S/C21H27NO2/c22-14-20-18(16-7-3-1-4-8-16)11-15(13-21(23)24)12-19(20)17-9-5-2-6-10-17/h11-12,16-17H,1-10,13H2,(H,23,24). The van der Waals surface area contributed by atoms with Crippen LogP contribution in [-0.2, 0) is 11.2 Å². The Morgan fingerprint density at radius 2 is 1.42 bits per heavy atom. The van der Waals surface area contributed by atoms with Gasteiger partial charge < -0.3 is 5.11 Å². The molecule has 2 saturated carbocycles. The van der Waals surface area contributed by atoms with Gasteiger partial charge in [0, 0.05) is 0 Å². The van der Waals surface area contributed by atoms with E-state index in [1.54, 1.807) is 0 Å². The summed E-state index contributed by atoms with van der Waals surface area (Å²) in [6.45, 7) is 0. The molecule has 1 N–H and O–H groups in total. The van der Waals surface area contributed by atoms with Crippen molar-refractivity contribution in [3.05, 3.63) is 34.4 Å². The van der Waals surface area contributed by atoms with Crippen molar-refractivity contribution in [2.24, 2.45) is 0 Å². The maximum absolute atomic E-state index is 11.2. The molecule has 2 aliphatic carbocycles. The Morgan fingerprint density at radius 3 is 1.79 bits per heavy atom. The summed E-state index contributed by atoms with van der Waals surface area (Å²) in [7, 11) is 0. The van der Waals surface area contributed by atoms with E-state index < -0.39 is 5.97 Å². The van der Waals surface area contributed by atoms with Crippen molar-refractivity contribution >= 4 is 5.97 Å². The maximum Gasteiger partial charge on any atom is 0.307 e. The van der Waals surface area contributed by atoms with Gasteiger partial charge in [0.15, 0.2) is 0 Å². The third kappa shape index (κ3) is 3.80. The molecule has 0 aromatic heterocycles. The third-order valence-electron chi connectivity index (χ3n) is 5.82. The van der Waals surface area contributed by atoms with Crippen LogP contribution in [0.2, 0.25) is 0 Å². The number of hydrogen-bond acceptors (Lipinski definition) is 2. The monoisotopic (exact) mass is 325 g/mol. The zero-order chi connectivity index (χ0) is 16.9. The van der Waals surface area contributed by atoms with Crippen LogP contribution in [0.15, 0.2) is 12.1 Å². The van der Waals surface area contributed by atoms with Gasteiger partial charge in [0.05, 0.1) is 18.1 Å². The molecule has 0 bridgehead atoms. The summed E-state index contributed by atoms with van der Waals surface area (Å²) in [5, 5.41) is 19.1. The van der Waals surface area contributed by atoms with Crippen LogP contribution < -0.4 is 0 Å². The van der Waals surface area contributed by atoms with E-state index in [0.29, 0.717) is 11.8 Å². The highest BCUT2D eigenvalue weighted by Gasteiger charge is 2.25. The quantitative estimate of drug-likeness (QED) is 0.819. The third-order valence-corrected chi connectivity index (χ3v) is 5.82. The number of nitrogens with zero attached hydrogens (tertiary/aromatic N) is 1. The van der Waals surface area contributed by atoms with E-state index in [1.165, 1.54) is 38.5 Å². The highest BCUT2D eigenvalue weighted by molar-refractivity contribution is 5.71. The number of rotatable bonds is 4. The van der Waals surface area contributed by atoms with Crippen LogP contribution in [0.5, 0.6) is 0 Å². The molecule has 2 aliphatic rings. The Hall–Kier alpha value is -1.82. The fourth-order valence-electron chi connectivity index (χ4n) is 4.63. The smallest absolute Gasteiger partial charge is 0.307 e. The first kappa shape index (κ1) is 17.0. The lowest BCUT2D eigenvalue weighted by atomic mass is 9.76. The van der Waals surface area contributed by atoms with Gasteiger partial charge in [-0.15, -0.1) is 0 Å². The van der Waals surface area contributed by atoms with Gasteiger partial charge in [-0.3, -0.25) is 4.79 Å². The summed E-state index contributed by atoms with van der Waals surface area (Å²) in [5.74, 6) is 0.0814. The van der Waals surface area contributed by atoms with Crippen molar-refractivity contribution in [2.45, 2.75) is 82.5 Å². The number of carboxylic acids is 1. The molecule has 0 heterocycles. The first-order chi connectivity index (χ1) is 11.7. The average Bonchev–Trinajstić information content (AvgIpc) is 2.62. The molecule has 0 saturated heterocycles. The SMILES string of the molecule is N#Cc1c(C2CCCCC2)cc(CC(=O)O)cc1C1CCCCC1. The second-order valence-electron chi connectivity index (χ2n) is 7.50. The van der Waals surface area contributed by atoms with Crippen LogP contribution in [-0.4, -0.2) is 11.1 Å². The van der Waals surface area contributed by atoms with E-state index in [0.717, 1.165) is 47.9 Å². The minimum Gasteiger partial charge on any atom is -0.481 e. The molecular formula is C21H27NO2. The summed E-state index contributed by atoms with van der Waals surface area (Å²) in [5.41, 5.74) is 4.01. The Kier molecular flexibility index (Phi) is 5.56. The summed E-state index contributed by atoms with van der Waals surface area (Å²) >= 11 is 0. The van der Waals surface area contributed by atoms with E-state index >= 15 is 0 Å². The number of aliphatic carboxylic acids is 1. The molecule has 128 valence electrons. The first-order valence-corrected chi connectivity index (χ1v) is 9.47. The van der Waals surface area contributed by atoms with E-state index in [9.17, 15) is 15.2 Å². The topological polar surface area (TPSA) is 61.1 Å². The van der Waals surface area contributed by atoms with Crippen molar-refractivity contribution < 1.29 is 9.90 Å². The van der Waals surface area contributed by atoms with Gasteiger partial charge in [-0.05, 0) is 54.2 Å². The van der Waals surface area contributed by atoms with Gasteiger partial charge in [-0.2, -0.15) is 5.26 Å². The number of benzene rings is 1. The van der Waals surface area contributed by atoms with Gasteiger partial charge in [-0.1, -0.05) is 50.7 Å². The molecule has 0 atom stereocenters. The van der Waals surface area contributed by atoms with E-state index in [2.05, 4.69) is 6.07 Å². The summed E-state index contributed by atoms with van der Waals surface area (Å²) < 4.78 is 0. The van der Waals surface area contributed by atoms with Crippen LogP contribution in [0.1, 0.15) is 98.3 Å². The van der Waals surface area contributed by atoms with Gasteiger partial charge in [0.25, 0.3) is 0 Å². The molecule has 3 rings (SSSR count). The fourth-order valence-corrected chi connectivity index (χ4v) is 4.63. The lowest BCUT2D eigenvalue weighted by Gasteiger charge is -2.28. The van der Waals surface area contributed by atoms with E-state index in [4.69, 9.17) is 0 Å². The predicted molar refractivity (Wildman–Crippen MR) is 94.1 cm³/mol. The largest absolute Gasteiger partial charge is 0.481 e. The normalized spacial score (nSPS) is 19.8. The van der Waals surface area contributed by atoms with Crippen molar-refractivity contribution in [1.82, 2.24) is 0 Å². The van der Waals surface area contributed by atoms with Crippen molar-refractivity contribution in [3.63, 3.8) is 0 Å². The van der Waals surface area contributed by atoms with Crippen LogP contribution in [0.3, 0.4) is 0 Å². The van der Waals surface area contributed by atoms with E-state index in [-0.39, 0.29) is 6.42 Å². The summed E-state index contributed by atoms with van der Waals surface area (Å²) in [6.07, 6.45) is 12.0. The minimum absolute atomic E-state index is 0.0607. The molecule has 2 fully saturated rings. The molecule has 0 amide bonds. The zero-order valence-electron chi connectivity index (χ0n) is 14.4. The second-order valence-corrected chi connectivity index (χ2v) is 7.50. The molecule has 1 aromatic carbocycles. The van der Waals surface area contributed by atoms with Gasteiger partial charge in [-0.25, -0.2) is 0 Å². The van der Waals surface area contributed by atoms with Gasteiger partial charge in [0.2, 0.25) is 0 Å². The molecule has 3 heteroatoms. The van der Waals surface area contributed by atoms with Crippen LogP contribution in [0, 0.1) is 11.3 Å². The Labute approximate surface area is 144 Å². The molecule has 24 heavy (non-hydrogen) atoms. The molecule has 0 unspecified atom stereocenters. The minimum atomic E-state index is -0.788. The Morgan fingerprint density at radius 1 is 0.958 bits per heavy atom. The zero-order valence-corrected chi connectivity index (χ0v) is 14.4. The highest BCUT2D eigenvalue weighted by Crippen LogP contribution is 2.40. The number of hydrogen-bond donors (Lipinski definition) is 1. The molecule has 3 nitrogen and oxygen atoms in total. The van der Waals surface area contributed by atoms with Gasteiger partial charge >= 0.3 is 5.97 Å². The number of carbonyl (C=O) groups is 1. The van der Waals surface area contributed by atoms with Crippen LogP contribution in [0.25, 0.3) is 0 Å². The summed E-state index contributed by atoms with van der Waals surface area (Å²) in [4.78, 5) is 11.2. The van der Waals surface area contributed by atoms with Crippen molar-refractivity contribution in [3.8, 4) is 6.07 Å². The lowest BCUT2D eigenvalue weighted by molar-refractivity contribution is -0.136. The average molecular weight is 325 g/mol. The van der Waals surface area contributed by atoms with Crippen LogP contribution in [0.4, 0.5) is 0 Å². The maximum atomic E-state index is 11.2. The van der Waals surface area contributed by atoms with Crippen LogP contribution >= 0.6 is 0 Å².